The summed E-state index contributed by atoms with van der Waals surface area (Å²) in [4.78, 5) is 12.6. The number of benzene rings is 1. The molecule has 6 heteroatoms. The van der Waals surface area contributed by atoms with Gasteiger partial charge in [0.1, 0.15) is 11.8 Å². The van der Waals surface area contributed by atoms with E-state index in [1.54, 1.807) is 19.2 Å². The monoisotopic (exact) mass is 324 g/mol. The maximum absolute atomic E-state index is 12.6. The number of aromatic amines is 1. The minimum Gasteiger partial charge on any atom is -0.496 e. The summed E-state index contributed by atoms with van der Waals surface area (Å²) in [7, 11) is 1.54. The van der Waals surface area contributed by atoms with Crippen molar-refractivity contribution >= 4 is 5.91 Å². The summed E-state index contributed by atoms with van der Waals surface area (Å²) >= 11 is 0. The lowest BCUT2D eigenvalue weighted by Gasteiger charge is -2.15. The van der Waals surface area contributed by atoms with Gasteiger partial charge in [0.15, 0.2) is 5.69 Å². The van der Waals surface area contributed by atoms with E-state index in [1.165, 1.54) is 0 Å². The number of aryl methyl sites for hydroxylation is 1. The molecule has 124 valence electrons. The Hall–Kier alpha value is -2.81. The van der Waals surface area contributed by atoms with Gasteiger partial charge in [0.05, 0.1) is 13.2 Å². The number of nitrogens with zero attached hydrogens (tertiary/aromatic N) is 2. The van der Waals surface area contributed by atoms with Crippen molar-refractivity contribution in [3.05, 3.63) is 46.8 Å². The molecule has 0 unspecified atom stereocenters. The van der Waals surface area contributed by atoms with E-state index in [2.05, 4.69) is 21.6 Å². The number of carbonyl (C=O) groups excluding carboxylic acids is 1. The second-order valence-electron chi connectivity index (χ2n) is 5.87. The van der Waals surface area contributed by atoms with Gasteiger partial charge in [-0.05, 0) is 31.7 Å². The molecular weight excluding hydrogens is 304 g/mol. The van der Waals surface area contributed by atoms with Crippen LogP contribution in [0, 0.1) is 11.3 Å². The van der Waals surface area contributed by atoms with Crippen molar-refractivity contribution < 1.29 is 9.53 Å². The number of nitrogens with one attached hydrogen (secondary N) is 2. The van der Waals surface area contributed by atoms with Gasteiger partial charge in [-0.2, -0.15) is 10.4 Å². The first kappa shape index (κ1) is 16.1. The number of methoxy groups -OCH3 is 1. The number of amides is 1. The lowest BCUT2D eigenvalue weighted by Crippen LogP contribution is -2.29. The molecule has 1 aliphatic rings. The Labute approximate surface area is 140 Å². The van der Waals surface area contributed by atoms with Crippen molar-refractivity contribution in [2.75, 3.05) is 7.11 Å². The summed E-state index contributed by atoms with van der Waals surface area (Å²) in [6.45, 7) is 0. The highest BCUT2D eigenvalue weighted by Gasteiger charge is 2.24. The minimum absolute atomic E-state index is 0.327. The number of hydrogen-bond acceptors (Lipinski definition) is 4. The van der Waals surface area contributed by atoms with Gasteiger partial charge in [0.2, 0.25) is 0 Å². The fourth-order valence-corrected chi connectivity index (χ4v) is 3.13. The molecule has 1 amide bonds. The first-order valence-electron chi connectivity index (χ1n) is 8.14. The van der Waals surface area contributed by atoms with Crippen molar-refractivity contribution in [3.63, 3.8) is 0 Å². The van der Waals surface area contributed by atoms with Crippen molar-refractivity contribution in [2.24, 2.45) is 0 Å². The molecule has 24 heavy (non-hydrogen) atoms. The number of nitriles is 1. The Kier molecular flexibility index (Phi) is 4.80. The first-order chi connectivity index (χ1) is 11.7. The number of carbonyl (C=O) groups is 1. The molecule has 0 fully saturated rings. The van der Waals surface area contributed by atoms with E-state index < -0.39 is 6.04 Å². The molecule has 1 heterocycles. The topological polar surface area (TPSA) is 90.8 Å². The quantitative estimate of drug-likeness (QED) is 0.846. The first-order valence-corrected chi connectivity index (χ1v) is 8.14. The third kappa shape index (κ3) is 3.11. The highest BCUT2D eigenvalue weighted by Crippen LogP contribution is 2.26. The zero-order valence-electron chi connectivity index (χ0n) is 13.6. The SMILES string of the molecule is COc1ccccc1[C@H](C#N)NC(=O)c1n[nH]c2c1CCCCC2. The standard InChI is InChI=1S/C18H20N4O2/c1-24-16-10-6-5-7-12(16)15(11-19)20-18(23)17-13-8-3-2-4-9-14(13)21-22-17/h5-7,10,15H,2-4,8-9H2,1H3,(H,20,23)(H,21,22)/t15-/m0/s1. The average Bonchev–Trinajstić information content (AvgIpc) is 2.88. The van der Waals surface area contributed by atoms with Crippen LogP contribution in [0.2, 0.25) is 0 Å². The average molecular weight is 324 g/mol. The van der Waals surface area contributed by atoms with E-state index in [4.69, 9.17) is 4.74 Å². The normalized spacial score (nSPS) is 14.8. The van der Waals surface area contributed by atoms with Crippen LogP contribution in [-0.2, 0) is 12.8 Å². The number of aromatic nitrogens is 2. The summed E-state index contributed by atoms with van der Waals surface area (Å²) in [5.41, 5.74) is 3.07. The molecule has 2 N–H and O–H groups in total. The Balaban J connectivity index is 1.83. The van der Waals surface area contributed by atoms with Crippen molar-refractivity contribution in [1.82, 2.24) is 15.5 Å². The predicted molar refractivity (Wildman–Crippen MR) is 88.7 cm³/mol. The molecule has 1 atom stereocenters. The molecule has 3 rings (SSSR count). The number of ether oxygens (including phenoxy) is 1. The Bertz CT molecular complexity index is 776. The second-order valence-corrected chi connectivity index (χ2v) is 5.87. The molecule has 1 aromatic heterocycles. The Morgan fingerprint density at radius 1 is 1.33 bits per heavy atom. The van der Waals surface area contributed by atoms with Gasteiger partial charge in [-0.3, -0.25) is 9.89 Å². The van der Waals surface area contributed by atoms with E-state index in [1.807, 2.05) is 12.1 Å². The summed E-state index contributed by atoms with van der Waals surface area (Å²) < 4.78 is 5.28. The smallest absolute Gasteiger partial charge is 0.273 e. The zero-order valence-corrected chi connectivity index (χ0v) is 13.6. The van der Waals surface area contributed by atoms with Gasteiger partial charge >= 0.3 is 0 Å². The fourth-order valence-electron chi connectivity index (χ4n) is 3.13. The highest BCUT2D eigenvalue weighted by molar-refractivity contribution is 5.94. The van der Waals surface area contributed by atoms with Crippen LogP contribution in [0.4, 0.5) is 0 Å². The summed E-state index contributed by atoms with van der Waals surface area (Å²) in [6, 6.07) is 8.53. The highest BCUT2D eigenvalue weighted by atomic mass is 16.5. The predicted octanol–water partition coefficient (Wildman–Crippen LogP) is 2.68. The molecule has 6 nitrogen and oxygen atoms in total. The van der Waals surface area contributed by atoms with Gasteiger partial charge in [0, 0.05) is 16.8 Å². The van der Waals surface area contributed by atoms with Gasteiger partial charge in [0.25, 0.3) is 5.91 Å². The van der Waals surface area contributed by atoms with Crippen molar-refractivity contribution in [1.29, 1.82) is 5.26 Å². The number of H-pyrrole nitrogens is 1. The molecule has 1 aromatic carbocycles. The van der Waals surface area contributed by atoms with Gasteiger partial charge in [-0.1, -0.05) is 24.6 Å². The number of fused-ring (bicyclic) bond motifs is 1. The van der Waals surface area contributed by atoms with Crippen LogP contribution in [0.15, 0.2) is 24.3 Å². The number of hydrogen-bond donors (Lipinski definition) is 2. The van der Waals surface area contributed by atoms with Crippen LogP contribution in [0.25, 0.3) is 0 Å². The molecular formula is C18H20N4O2. The molecule has 0 bridgehead atoms. The van der Waals surface area contributed by atoms with E-state index >= 15 is 0 Å². The van der Waals surface area contributed by atoms with Crippen LogP contribution < -0.4 is 10.1 Å². The van der Waals surface area contributed by atoms with Crippen LogP contribution in [0.5, 0.6) is 5.75 Å². The summed E-state index contributed by atoms with van der Waals surface area (Å²) in [6.07, 6.45) is 5.09. The number of para-hydroxylation sites is 1. The van der Waals surface area contributed by atoms with Crippen LogP contribution >= 0.6 is 0 Å². The van der Waals surface area contributed by atoms with Gasteiger partial charge in [-0.25, -0.2) is 0 Å². The lowest BCUT2D eigenvalue weighted by atomic mass is 10.0. The number of rotatable bonds is 4. The molecule has 1 aliphatic carbocycles. The van der Waals surface area contributed by atoms with Crippen LogP contribution in [0.1, 0.15) is 52.6 Å². The Morgan fingerprint density at radius 2 is 2.12 bits per heavy atom. The van der Waals surface area contributed by atoms with Crippen LogP contribution in [0.3, 0.4) is 0 Å². The minimum atomic E-state index is -0.785. The van der Waals surface area contributed by atoms with E-state index in [-0.39, 0.29) is 5.91 Å². The molecule has 0 spiro atoms. The maximum atomic E-state index is 12.6. The summed E-state index contributed by atoms with van der Waals surface area (Å²) in [5.74, 6) is 0.247. The molecule has 0 saturated carbocycles. The third-order valence-electron chi connectivity index (χ3n) is 4.38. The van der Waals surface area contributed by atoms with E-state index in [0.29, 0.717) is 17.0 Å². The molecule has 0 saturated heterocycles. The largest absolute Gasteiger partial charge is 0.496 e. The third-order valence-corrected chi connectivity index (χ3v) is 4.38. The van der Waals surface area contributed by atoms with Gasteiger partial charge in [-0.15, -0.1) is 0 Å². The maximum Gasteiger partial charge on any atom is 0.273 e. The zero-order chi connectivity index (χ0) is 16.9. The van der Waals surface area contributed by atoms with Crippen molar-refractivity contribution in [3.8, 4) is 11.8 Å². The second kappa shape index (κ2) is 7.18. The van der Waals surface area contributed by atoms with E-state index in [0.717, 1.165) is 43.4 Å². The van der Waals surface area contributed by atoms with Gasteiger partial charge < -0.3 is 10.1 Å². The lowest BCUT2D eigenvalue weighted by molar-refractivity contribution is 0.0939. The fraction of sp³-hybridized carbons (Fsp3) is 0.389. The van der Waals surface area contributed by atoms with Crippen LogP contribution in [-0.4, -0.2) is 23.2 Å². The Morgan fingerprint density at radius 3 is 2.92 bits per heavy atom. The van der Waals surface area contributed by atoms with Crippen molar-refractivity contribution in [2.45, 2.75) is 38.1 Å². The molecule has 2 aromatic rings. The molecule has 0 radical (unpaired) electrons. The summed E-state index contributed by atoms with van der Waals surface area (Å²) in [5, 5.41) is 19.4. The van der Waals surface area contributed by atoms with E-state index in [9.17, 15) is 10.1 Å². The molecule has 0 aliphatic heterocycles.